The van der Waals surface area contributed by atoms with Crippen molar-refractivity contribution in [2.45, 2.75) is 31.5 Å². The molecule has 0 aliphatic rings. The zero-order chi connectivity index (χ0) is 13.7. The van der Waals surface area contributed by atoms with E-state index >= 15 is 0 Å². The van der Waals surface area contributed by atoms with Crippen molar-refractivity contribution < 1.29 is 14.1 Å². The summed E-state index contributed by atoms with van der Waals surface area (Å²) in [6.45, 7) is 3.91. The second-order valence-electron chi connectivity index (χ2n) is 4.17. The summed E-state index contributed by atoms with van der Waals surface area (Å²) in [6.07, 6.45) is 4.39. The average Bonchev–Trinajstić information content (AvgIpc) is 2.64. The number of aliphatic carboxylic acids is 1. The first-order valence-corrected chi connectivity index (χ1v) is 8.31. The van der Waals surface area contributed by atoms with Crippen molar-refractivity contribution in [3.63, 3.8) is 0 Å². The zero-order valence-corrected chi connectivity index (χ0v) is 12.4. The Balaban J connectivity index is 2.73. The Morgan fingerprint density at radius 2 is 2.33 bits per heavy atom. The molecular formula is C11H18N2O3S2. The topological polar surface area (TPSA) is 72.2 Å². The van der Waals surface area contributed by atoms with E-state index in [1.54, 1.807) is 6.26 Å². The Morgan fingerprint density at radius 3 is 2.89 bits per heavy atom. The van der Waals surface area contributed by atoms with Crippen molar-refractivity contribution in [2.24, 2.45) is 0 Å². The number of imidazole rings is 1. The van der Waals surface area contributed by atoms with E-state index in [1.165, 1.54) is 11.8 Å². The molecule has 0 aliphatic carbocycles. The normalized spacial score (nSPS) is 14.4. The average molecular weight is 290 g/mol. The molecule has 1 heterocycles. The Morgan fingerprint density at radius 1 is 1.67 bits per heavy atom. The van der Waals surface area contributed by atoms with E-state index in [-0.39, 0.29) is 11.8 Å². The molecule has 0 bridgehead atoms. The second kappa shape index (κ2) is 6.94. The molecule has 0 aromatic carbocycles. The summed E-state index contributed by atoms with van der Waals surface area (Å²) in [5, 5.41) is 9.40. The molecule has 1 aromatic heterocycles. The molecule has 2 unspecified atom stereocenters. The molecule has 0 amide bonds. The molecule has 0 saturated carbocycles. The van der Waals surface area contributed by atoms with Crippen molar-refractivity contribution in [1.82, 2.24) is 9.55 Å². The number of hydrogen-bond donors (Lipinski definition) is 1. The van der Waals surface area contributed by atoms with Crippen LogP contribution < -0.4 is 0 Å². The monoisotopic (exact) mass is 290 g/mol. The van der Waals surface area contributed by atoms with Gasteiger partial charge in [0.25, 0.3) is 0 Å². The van der Waals surface area contributed by atoms with Gasteiger partial charge < -0.3 is 9.67 Å². The lowest BCUT2D eigenvalue weighted by Gasteiger charge is -2.14. The van der Waals surface area contributed by atoms with Crippen molar-refractivity contribution in [2.75, 3.05) is 17.8 Å². The van der Waals surface area contributed by atoms with Crippen LogP contribution in [0.15, 0.2) is 11.4 Å². The fraction of sp³-hybridized carbons (Fsp3) is 0.636. The van der Waals surface area contributed by atoms with E-state index in [2.05, 4.69) is 4.98 Å². The van der Waals surface area contributed by atoms with Gasteiger partial charge in [0.15, 0.2) is 5.16 Å². The molecule has 0 spiro atoms. The maximum absolute atomic E-state index is 11.1. The summed E-state index contributed by atoms with van der Waals surface area (Å²) in [5.74, 6) is -0.209. The number of nitrogens with zero attached hydrogens (tertiary/aromatic N) is 2. The first-order chi connectivity index (χ1) is 8.40. The Labute approximate surface area is 113 Å². The minimum atomic E-state index is -0.852. The number of hydrogen-bond acceptors (Lipinski definition) is 4. The minimum absolute atomic E-state index is 0.00286. The van der Waals surface area contributed by atoms with E-state index in [0.717, 1.165) is 12.1 Å². The van der Waals surface area contributed by atoms with Crippen LogP contribution in [-0.4, -0.2) is 42.6 Å². The van der Waals surface area contributed by atoms with Crippen molar-refractivity contribution in [3.8, 4) is 0 Å². The Bertz CT molecular complexity index is 445. The molecule has 0 radical (unpaired) electrons. The third-order valence-corrected chi connectivity index (χ3v) is 4.20. The summed E-state index contributed by atoms with van der Waals surface area (Å²) >= 11 is 1.22. The number of carbonyl (C=O) groups is 1. The lowest BCUT2D eigenvalue weighted by atomic mass is 10.2. The molecule has 0 fully saturated rings. The highest BCUT2D eigenvalue weighted by atomic mass is 32.2. The highest BCUT2D eigenvalue weighted by Crippen LogP contribution is 2.23. The number of thioether (sulfide) groups is 1. The van der Waals surface area contributed by atoms with Gasteiger partial charge in [0.2, 0.25) is 0 Å². The van der Waals surface area contributed by atoms with Gasteiger partial charge in [-0.15, -0.1) is 0 Å². The largest absolute Gasteiger partial charge is 0.481 e. The van der Waals surface area contributed by atoms with Crippen LogP contribution in [0.3, 0.4) is 0 Å². The Hall–Kier alpha value is -0.820. The van der Waals surface area contributed by atoms with Gasteiger partial charge in [-0.2, -0.15) is 0 Å². The van der Waals surface area contributed by atoms with Crippen LogP contribution in [0.5, 0.6) is 0 Å². The van der Waals surface area contributed by atoms with Gasteiger partial charge in [-0.3, -0.25) is 9.00 Å². The molecule has 1 aromatic rings. The molecule has 102 valence electrons. The molecular weight excluding hydrogens is 272 g/mol. The third-order valence-electron chi connectivity index (χ3n) is 2.44. The highest BCUT2D eigenvalue weighted by molar-refractivity contribution is 7.99. The maximum Gasteiger partial charge on any atom is 0.313 e. The molecule has 1 rings (SSSR count). The lowest BCUT2D eigenvalue weighted by Crippen LogP contribution is -2.10. The molecule has 0 saturated heterocycles. The quantitative estimate of drug-likeness (QED) is 0.774. The van der Waals surface area contributed by atoms with E-state index < -0.39 is 16.8 Å². The van der Waals surface area contributed by atoms with E-state index in [0.29, 0.717) is 10.9 Å². The van der Waals surface area contributed by atoms with Gasteiger partial charge in [0.05, 0.1) is 11.4 Å². The van der Waals surface area contributed by atoms with Gasteiger partial charge in [0.1, 0.15) is 0 Å². The number of rotatable bonds is 7. The first-order valence-electron chi connectivity index (χ1n) is 5.60. The Kier molecular flexibility index (Phi) is 5.87. The van der Waals surface area contributed by atoms with Crippen LogP contribution in [0.25, 0.3) is 0 Å². The summed E-state index contributed by atoms with van der Waals surface area (Å²) in [4.78, 5) is 14.9. The molecule has 5 nitrogen and oxygen atoms in total. The van der Waals surface area contributed by atoms with Crippen LogP contribution in [0.4, 0.5) is 0 Å². The molecule has 2 atom stereocenters. The van der Waals surface area contributed by atoms with Crippen LogP contribution in [0.2, 0.25) is 0 Å². The lowest BCUT2D eigenvalue weighted by molar-refractivity contribution is -0.133. The van der Waals surface area contributed by atoms with Crippen LogP contribution in [-0.2, 0) is 15.6 Å². The number of aromatic nitrogens is 2. The SMILES string of the molecule is Cc1cn(C(C)CCS(C)=O)c(SCC(=O)O)n1. The maximum atomic E-state index is 11.1. The van der Waals surface area contributed by atoms with Crippen molar-refractivity contribution in [1.29, 1.82) is 0 Å². The minimum Gasteiger partial charge on any atom is -0.481 e. The summed E-state index contributed by atoms with van der Waals surface area (Å²) in [5.41, 5.74) is 0.868. The van der Waals surface area contributed by atoms with Crippen molar-refractivity contribution in [3.05, 3.63) is 11.9 Å². The highest BCUT2D eigenvalue weighted by Gasteiger charge is 2.14. The van der Waals surface area contributed by atoms with Gasteiger partial charge in [-0.1, -0.05) is 11.8 Å². The first kappa shape index (κ1) is 15.2. The molecule has 7 heteroatoms. The zero-order valence-electron chi connectivity index (χ0n) is 10.8. The van der Waals surface area contributed by atoms with Crippen LogP contribution >= 0.6 is 11.8 Å². The van der Waals surface area contributed by atoms with E-state index in [4.69, 9.17) is 5.11 Å². The van der Waals surface area contributed by atoms with Gasteiger partial charge >= 0.3 is 5.97 Å². The van der Waals surface area contributed by atoms with E-state index in [1.807, 2.05) is 24.6 Å². The number of aryl methyl sites for hydroxylation is 1. The number of carboxylic acids is 1. The molecule has 18 heavy (non-hydrogen) atoms. The number of carboxylic acid groups (broad SMARTS) is 1. The smallest absolute Gasteiger partial charge is 0.313 e. The van der Waals surface area contributed by atoms with Crippen LogP contribution in [0.1, 0.15) is 25.1 Å². The third kappa shape index (κ3) is 4.81. The van der Waals surface area contributed by atoms with Gasteiger partial charge in [0, 0.05) is 35.0 Å². The van der Waals surface area contributed by atoms with Crippen molar-refractivity contribution >= 4 is 28.5 Å². The standard InChI is InChI=1S/C11H18N2O3S2/c1-8-6-13(9(2)4-5-18(3)16)11(12-8)17-7-10(14)15/h6,9H,4-5,7H2,1-3H3,(H,14,15). The van der Waals surface area contributed by atoms with Gasteiger partial charge in [-0.25, -0.2) is 4.98 Å². The van der Waals surface area contributed by atoms with E-state index in [9.17, 15) is 9.00 Å². The fourth-order valence-corrected chi connectivity index (χ4v) is 3.03. The summed E-state index contributed by atoms with van der Waals surface area (Å²) < 4.78 is 13.1. The summed E-state index contributed by atoms with van der Waals surface area (Å²) in [6, 6.07) is 0.173. The second-order valence-corrected chi connectivity index (χ2v) is 6.67. The molecule has 0 aliphatic heterocycles. The summed E-state index contributed by atoms with van der Waals surface area (Å²) in [7, 11) is -0.805. The predicted molar refractivity (Wildman–Crippen MR) is 73.6 cm³/mol. The molecule has 1 N–H and O–H groups in total. The predicted octanol–water partition coefficient (Wildman–Crippen LogP) is 1.70. The van der Waals surface area contributed by atoms with Gasteiger partial charge in [-0.05, 0) is 20.3 Å². The fourth-order valence-electron chi connectivity index (χ4n) is 1.52. The van der Waals surface area contributed by atoms with Crippen LogP contribution in [0, 0.1) is 6.92 Å².